The van der Waals surface area contributed by atoms with Crippen molar-refractivity contribution in [2.24, 2.45) is 0 Å². The van der Waals surface area contributed by atoms with Crippen LogP contribution in [-0.2, 0) is 13.0 Å². The first kappa shape index (κ1) is 14.3. The van der Waals surface area contributed by atoms with Crippen molar-refractivity contribution in [1.29, 1.82) is 0 Å². The third-order valence-corrected chi connectivity index (χ3v) is 3.67. The molecule has 0 spiro atoms. The summed E-state index contributed by atoms with van der Waals surface area (Å²) in [6.45, 7) is 6.22. The van der Waals surface area contributed by atoms with Crippen LogP contribution in [0.1, 0.15) is 35.3 Å². The van der Waals surface area contributed by atoms with Crippen LogP contribution in [-0.4, -0.2) is 51.5 Å². The van der Waals surface area contributed by atoms with Crippen LogP contribution < -0.4 is 0 Å². The van der Waals surface area contributed by atoms with E-state index in [1.165, 1.54) is 6.20 Å². The van der Waals surface area contributed by atoms with Crippen LogP contribution in [0.5, 0.6) is 0 Å². The maximum absolute atomic E-state index is 12.3. The van der Waals surface area contributed by atoms with Crippen molar-refractivity contribution >= 4 is 12.0 Å². The van der Waals surface area contributed by atoms with Gasteiger partial charge in [-0.2, -0.15) is 0 Å². The Morgan fingerprint density at radius 2 is 2.05 bits per heavy atom. The molecule has 6 nitrogen and oxygen atoms in total. The summed E-state index contributed by atoms with van der Waals surface area (Å²) < 4.78 is 0. The van der Waals surface area contributed by atoms with Crippen molar-refractivity contribution in [3.63, 3.8) is 0 Å². The lowest BCUT2D eigenvalue weighted by Gasteiger charge is -2.33. The van der Waals surface area contributed by atoms with Crippen molar-refractivity contribution in [2.45, 2.75) is 26.8 Å². The minimum atomic E-state index is -0.960. The van der Waals surface area contributed by atoms with Crippen molar-refractivity contribution in [3.05, 3.63) is 29.1 Å². The zero-order valence-electron chi connectivity index (χ0n) is 11.8. The molecule has 1 aromatic heterocycles. The molecule has 1 N–H and O–H groups in total. The molecule has 0 saturated carbocycles. The van der Waals surface area contributed by atoms with Crippen LogP contribution in [0.2, 0.25) is 0 Å². The Morgan fingerprint density at radius 3 is 2.65 bits per heavy atom. The maximum Gasteiger partial charge on any atom is 0.337 e. The zero-order chi connectivity index (χ0) is 14.7. The summed E-state index contributed by atoms with van der Waals surface area (Å²) in [5.74, 6) is -0.960. The van der Waals surface area contributed by atoms with E-state index in [0.29, 0.717) is 32.6 Å². The van der Waals surface area contributed by atoms with Gasteiger partial charge in [0.2, 0.25) is 0 Å². The Balaban J connectivity index is 2.22. The van der Waals surface area contributed by atoms with Gasteiger partial charge in [-0.05, 0) is 31.4 Å². The fourth-order valence-corrected chi connectivity index (χ4v) is 2.54. The molecular weight excluding hydrogens is 258 g/mol. The molecule has 108 valence electrons. The monoisotopic (exact) mass is 277 g/mol. The third kappa shape index (κ3) is 2.59. The molecule has 0 unspecified atom stereocenters. The van der Waals surface area contributed by atoms with Gasteiger partial charge in [0, 0.05) is 38.6 Å². The average molecular weight is 277 g/mol. The van der Waals surface area contributed by atoms with E-state index in [-0.39, 0.29) is 11.6 Å². The molecule has 0 bridgehead atoms. The van der Waals surface area contributed by atoms with Crippen molar-refractivity contribution in [3.8, 4) is 0 Å². The van der Waals surface area contributed by atoms with Crippen molar-refractivity contribution < 1.29 is 14.7 Å². The lowest BCUT2D eigenvalue weighted by molar-refractivity contribution is 0.0694. The summed E-state index contributed by atoms with van der Waals surface area (Å²) in [6.07, 6.45) is 3.60. The Hall–Kier alpha value is -2.11. The van der Waals surface area contributed by atoms with E-state index in [4.69, 9.17) is 5.11 Å². The summed E-state index contributed by atoms with van der Waals surface area (Å²) in [5, 5.41) is 9.15. The number of urea groups is 1. The van der Waals surface area contributed by atoms with Gasteiger partial charge in [0.25, 0.3) is 0 Å². The quantitative estimate of drug-likeness (QED) is 0.910. The molecular formula is C14H19N3O3. The van der Waals surface area contributed by atoms with Crippen LogP contribution >= 0.6 is 0 Å². The molecule has 1 aliphatic heterocycles. The van der Waals surface area contributed by atoms with E-state index in [1.807, 2.05) is 13.8 Å². The molecule has 2 rings (SSSR count). The van der Waals surface area contributed by atoms with Crippen molar-refractivity contribution in [1.82, 2.24) is 14.8 Å². The number of amides is 2. The SMILES string of the molecule is CCN(CC)C(=O)N1CCc2c(cncc2C(=O)O)C1. The predicted molar refractivity (Wildman–Crippen MR) is 73.6 cm³/mol. The first-order valence-corrected chi connectivity index (χ1v) is 6.81. The van der Waals surface area contributed by atoms with E-state index in [0.717, 1.165) is 11.1 Å². The van der Waals surface area contributed by atoms with Crippen LogP contribution in [0.4, 0.5) is 4.79 Å². The standard InChI is InChI=1S/C14H19N3O3/c1-3-16(4-2)14(20)17-6-5-11-10(9-17)7-15-8-12(11)13(18)19/h7-8H,3-6,9H2,1-2H3,(H,18,19). The molecule has 0 aromatic carbocycles. The summed E-state index contributed by atoms with van der Waals surface area (Å²) in [7, 11) is 0. The third-order valence-electron chi connectivity index (χ3n) is 3.67. The van der Waals surface area contributed by atoms with Crippen LogP contribution in [0.15, 0.2) is 12.4 Å². The first-order chi connectivity index (χ1) is 9.58. The largest absolute Gasteiger partial charge is 0.478 e. The number of rotatable bonds is 3. The fraction of sp³-hybridized carbons (Fsp3) is 0.500. The second-order valence-electron chi connectivity index (χ2n) is 4.76. The van der Waals surface area contributed by atoms with E-state index < -0.39 is 5.97 Å². The Labute approximate surface area is 118 Å². The number of hydrogen-bond donors (Lipinski definition) is 1. The number of carboxylic acids is 1. The van der Waals surface area contributed by atoms with Gasteiger partial charge in [0.15, 0.2) is 0 Å². The van der Waals surface area contributed by atoms with Gasteiger partial charge in [0.1, 0.15) is 0 Å². The van der Waals surface area contributed by atoms with Gasteiger partial charge in [0.05, 0.1) is 5.56 Å². The number of carbonyl (C=O) groups is 2. The minimum Gasteiger partial charge on any atom is -0.478 e. The average Bonchev–Trinajstić information content (AvgIpc) is 2.47. The number of nitrogens with zero attached hydrogens (tertiary/aromatic N) is 3. The van der Waals surface area contributed by atoms with Gasteiger partial charge in [-0.15, -0.1) is 0 Å². The molecule has 0 fully saturated rings. The molecule has 0 saturated heterocycles. The maximum atomic E-state index is 12.3. The summed E-state index contributed by atoms with van der Waals surface area (Å²) in [5.41, 5.74) is 1.88. The highest BCUT2D eigenvalue weighted by Crippen LogP contribution is 2.22. The van der Waals surface area contributed by atoms with Crippen LogP contribution in [0.25, 0.3) is 0 Å². The molecule has 0 aliphatic carbocycles. The summed E-state index contributed by atoms with van der Waals surface area (Å²) in [4.78, 5) is 30.9. The number of pyridine rings is 1. The van der Waals surface area contributed by atoms with Gasteiger partial charge < -0.3 is 14.9 Å². The van der Waals surface area contributed by atoms with E-state index >= 15 is 0 Å². The highest BCUT2D eigenvalue weighted by molar-refractivity contribution is 5.89. The molecule has 0 radical (unpaired) electrons. The number of hydrogen-bond acceptors (Lipinski definition) is 3. The molecule has 1 aromatic rings. The second-order valence-corrected chi connectivity index (χ2v) is 4.76. The topological polar surface area (TPSA) is 73.7 Å². The van der Waals surface area contributed by atoms with E-state index in [9.17, 15) is 9.59 Å². The Morgan fingerprint density at radius 1 is 1.35 bits per heavy atom. The normalized spacial score (nSPS) is 13.8. The summed E-state index contributed by atoms with van der Waals surface area (Å²) >= 11 is 0. The van der Waals surface area contributed by atoms with Crippen molar-refractivity contribution in [2.75, 3.05) is 19.6 Å². The van der Waals surface area contributed by atoms with E-state index in [1.54, 1.807) is 16.0 Å². The molecule has 0 atom stereocenters. The number of fused-ring (bicyclic) bond motifs is 1. The predicted octanol–water partition coefficient (Wildman–Crippen LogP) is 1.60. The molecule has 1 aliphatic rings. The number of aromatic carboxylic acids is 1. The highest BCUT2D eigenvalue weighted by Gasteiger charge is 2.26. The molecule has 2 heterocycles. The minimum absolute atomic E-state index is 0.00128. The lowest BCUT2D eigenvalue weighted by atomic mass is 9.97. The smallest absolute Gasteiger partial charge is 0.337 e. The van der Waals surface area contributed by atoms with Gasteiger partial charge in [-0.3, -0.25) is 4.98 Å². The van der Waals surface area contributed by atoms with E-state index in [2.05, 4.69) is 4.98 Å². The molecule has 20 heavy (non-hydrogen) atoms. The van der Waals surface area contributed by atoms with Gasteiger partial charge in [-0.1, -0.05) is 0 Å². The second kappa shape index (κ2) is 5.90. The van der Waals surface area contributed by atoms with Crippen LogP contribution in [0.3, 0.4) is 0 Å². The van der Waals surface area contributed by atoms with Gasteiger partial charge in [-0.25, -0.2) is 9.59 Å². The summed E-state index contributed by atoms with van der Waals surface area (Å²) in [6, 6.07) is 0.00128. The zero-order valence-corrected chi connectivity index (χ0v) is 11.8. The lowest BCUT2D eigenvalue weighted by Crippen LogP contribution is -2.45. The number of carboxylic acid groups (broad SMARTS) is 1. The molecule has 6 heteroatoms. The van der Waals surface area contributed by atoms with Crippen LogP contribution in [0, 0.1) is 0 Å². The number of carbonyl (C=O) groups excluding carboxylic acids is 1. The first-order valence-electron chi connectivity index (χ1n) is 6.81. The number of aromatic nitrogens is 1. The fourth-order valence-electron chi connectivity index (χ4n) is 2.54. The van der Waals surface area contributed by atoms with Gasteiger partial charge >= 0.3 is 12.0 Å². The Bertz CT molecular complexity index is 526. The Kier molecular flexibility index (Phi) is 4.22. The highest BCUT2D eigenvalue weighted by atomic mass is 16.4. The molecule has 2 amide bonds.